The first-order valence-corrected chi connectivity index (χ1v) is 5.72. The van der Waals surface area contributed by atoms with E-state index in [9.17, 15) is 4.79 Å². The Bertz CT molecular complexity index is 385. The molecular weight excluding hydrogens is 200 g/mol. The molecule has 0 bridgehead atoms. The van der Waals surface area contributed by atoms with Gasteiger partial charge in [-0.25, -0.2) is 0 Å². The third-order valence-corrected chi connectivity index (χ3v) is 3.19. The lowest BCUT2D eigenvalue weighted by molar-refractivity contribution is -0.128. The molecule has 1 aliphatic rings. The van der Waals surface area contributed by atoms with Crippen LogP contribution in [0.5, 0.6) is 0 Å². The maximum Gasteiger partial charge on any atom is 0.241 e. The Kier molecular flexibility index (Phi) is 2.97. The van der Waals surface area contributed by atoms with E-state index in [2.05, 4.69) is 36.5 Å². The smallest absolute Gasteiger partial charge is 0.241 e. The van der Waals surface area contributed by atoms with Crippen molar-refractivity contribution in [1.29, 1.82) is 0 Å². The number of aryl methyl sites for hydroxylation is 1. The number of carbonyl (C=O) groups is 1. The summed E-state index contributed by atoms with van der Waals surface area (Å²) in [6, 6.07) is 8.28. The topological polar surface area (TPSA) is 32.3 Å². The van der Waals surface area contributed by atoms with E-state index in [0.717, 1.165) is 12.0 Å². The van der Waals surface area contributed by atoms with Crippen molar-refractivity contribution in [1.82, 2.24) is 10.2 Å². The second-order valence-corrected chi connectivity index (χ2v) is 4.39. The van der Waals surface area contributed by atoms with Crippen molar-refractivity contribution in [2.75, 3.05) is 7.05 Å². The fraction of sp³-hybridized carbons (Fsp3) is 0.462. The molecule has 1 saturated heterocycles. The van der Waals surface area contributed by atoms with E-state index in [0.29, 0.717) is 0 Å². The van der Waals surface area contributed by atoms with Gasteiger partial charge in [0.2, 0.25) is 5.91 Å². The van der Waals surface area contributed by atoms with Gasteiger partial charge in [0.1, 0.15) is 6.17 Å². The molecule has 86 valence electrons. The molecule has 0 radical (unpaired) electrons. The van der Waals surface area contributed by atoms with Gasteiger partial charge in [0.15, 0.2) is 0 Å². The van der Waals surface area contributed by atoms with Crippen molar-refractivity contribution >= 4 is 5.91 Å². The fourth-order valence-corrected chi connectivity index (χ4v) is 2.11. The van der Waals surface area contributed by atoms with Crippen molar-refractivity contribution in [3.63, 3.8) is 0 Å². The first-order valence-electron chi connectivity index (χ1n) is 5.72. The molecule has 0 aromatic heterocycles. The molecule has 0 saturated carbocycles. The number of hydrogen-bond acceptors (Lipinski definition) is 2. The van der Waals surface area contributed by atoms with Crippen LogP contribution in [-0.4, -0.2) is 23.9 Å². The normalized spacial score (nSPS) is 25.2. The Morgan fingerprint density at radius 3 is 2.44 bits per heavy atom. The van der Waals surface area contributed by atoms with Gasteiger partial charge in [-0.3, -0.25) is 10.1 Å². The minimum absolute atomic E-state index is 0.0260. The average molecular weight is 218 g/mol. The lowest BCUT2D eigenvalue weighted by atomic mass is 10.1. The van der Waals surface area contributed by atoms with Gasteiger partial charge in [-0.1, -0.05) is 36.8 Å². The van der Waals surface area contributed by atoms with Crippen molar-refractivity contribution in [2.24, 2.45) is 0 Å². The summed E-state index contributed by atoms with van der Waals surface area (Å²) in [6.07, 6.45) is 0.865. The van der Waals surface area contributed by atoms with Crippen LogP contribution in [0, 0.1) is 6.92 Å². The van der Waals surface area contributed by atoms with E-state index in [1.165, 1.54) is 5.56 Å². The summed E-state index contributed by atoms with van der Waals surface area (Å²) in [4.78, 5) is 13.6. The third kappa shape index (κ3) is 1.83. The second-order valence-electron chi connectivity index (χ2n) is 4.39. The molecule has 2 unspecified atom stereocenters. The zero-order valence-corrected chi connectivity index (χ0v) is 10.0. The second kappa shape index (κ2) is 4.26. The number of nitrogens with zero attached hydrogens (tertiary/aromatic N) is 1. The molecule has 2 rings (SSSR count). The van der Waals surface area contributed by atoms with Crippen LogP contribution < -0.4 is 5.32 Å². The Balaban J connectivity index is 2.23. The molecule has 2 atom stereocenters. The van der Waals surface area contributed by atoms with Crippen LogP contribution in [0.2, 0.25) is 0 Å². The van der Waals surface area contributed by atoms with Crippen LogP contribution in [0.15, 0.2) is 24.3 Å². The van der Waals surface area contributed by atoms with Gasteiger partial charge in [0, 0.05) is 7.05 Å². The molecule has 0 aliphatic carbocycles. The van der Waals surface area contributed by atoms with Crippen molar-refractivity contribution in [2.45, 2.75) is 32.5 Å². The van der Waals surface area contributed by atoms with E-state index in [1.54, 1.807) is 4.90 Å². The van der Waals surface area contributed by atoms with Crippen molar-refractivity contribution in [3.05, 3.63) is 35.4 Å². The number of benzene rings is 1. The van der Waals surface area contributed by atoms with Crippen LogP contribution >= 0.6 is 0 Å². The first-order chi connectivity index (χ1) is 7.63. The molecule has 3 heteroatoms. The molecule has 1 aromatic rings. The van der Waals surface area contributed by atoms with E-state index >= 15 is 0 Å². The molecule has 1 fully saturated rings. The highest BCUT2D eigenvalue weighted by Gasteiger charge is 2.35. The molecule has 16 heavy (non-hydrogen) atoms. The summed E-state index contributed by atoms with van der Waals surface area (Å²) in [5.74, 6) is 0.188. The molecule has 3 nitrogen and oxygen atoms in total. The third-order valence-electron chi connectivity index (χ3n) is 3.19. The summed E-state index contributed by atoms with van der Waals surface area (Å²) in [7, 11) is 1.86. The summed E-state index contributed by atoms with van der Waals surface area (Å²) in [5.41, 5.74) is 2.39. The highest BCUT2D eigenvalue weighted by Crippen LogP contribution is 2.24. The number of nitrogens with one attached hydrogen (secondary N) is 1. The van der Waals surface area contributed by atoms with Crippen molar-refractivity contribution < 1.29 is 4.79 Å². The quantitative estimate of drug-likeness (QED) is 0.821. The fourth-order valence-electron chi connectivity index (χ4n) is 2.11. The number of rotatable bonds is 2. The minimum atomic E-state index is -0.0312. The van der Waals surface area contributed by atoms with Gasteiger partial charge in [0.05, 0.1) is 6.04 Å². The Hall–Kier alpha value is -1.35. The molecule has 1 N–H and O–H groups in total. The zero-order chi connectivity index (χ0) is 11.7. The van der Waals surface area contributed by atoms with Gasteiger partial charge in [-0.15, -0.1) is 0 Å². The Morgan fingerprint density at radius 2 is 1.94 bits per heavy atom. The molecule has 1 amide bonds. The lowest BCUT2D eigenvalue weighted by Crippen LogP contribution is -2.27. The van der Waals surface area contributed by atoms with Gasteiger partial charge in [-0.2, -0.15) is 0 Å². The van der Waals surface area contributed by atoms with E-state index in [-0.39, 0.29) is 18.1 Å². The lowest BCUT2D eigenvalue weighted by Gasteiger charge is -2.19. The summed E-state index contributed by atoms with van der Waals surface area (Å²) in [5, 5.41) is 3.35. The molecule has 1 aliphatic heterocycles. The number of likely N-dealkylation sites (N-methyl/N-ethyl adjacent to an activating group) is 1. The number of hydrogen-bond donors (Lipinski definition) is 1. The standard InChI is InChI=1S/C13H18N2O/c1-4-11-13(16)15(3)12(14-11)10-7-5-9(2)6-8-10/h5-8,11-12,14H,4H2,1-3H3. The molecule has 1 heterocycles. The predicted octanol–water partition coefficient (Wildman–Crippen LogP) is 1.83. The van der Waals surface area contributed by atoms with E-state index < -0.39 is 0 Å². The number of amides is 1. The summed E-state index contributed by atoms with van der Waals surface area (Å²) in [6.45, 7) is 4.09. The average Bonchev–Trinajstić information content (AvgIpc) is 2.57. The van der Waals surface area contributed by atoms with Crippen LogP contribution in [0.3, 0.4) is 0 Å². The summed E-state index contributed by atoms with van der Waals surface area (Å²) >= 11 is 0. The largest absolute Gasteiger partial charge is 0.325 e. The monoisotopic (exact) mass is 218 g/mol. The SMILES string of the molecule is CCC1NC(c2ccc(C)cc2)N(C)C1=O. The van der Waals surface area contributed by atoms with E-state index in [4.69, 9.17) is 0 Å². The highest BCUT2D eigenvalue weighted by atomic mass is 16.2. The highest BCUT2D eigenvalue weighted by molar-refractivity contribution is 5.84. The van der Waals surface area contributed by atoms with Crippen LogP contribution in [0.1, 0.15) is 30.6 Å². The van der Waals surface area contributed by atoms with Gasteiger partial charge in [0.25, 0.3) is 0 Å². The molecule has 1 aromatic carbocycles. The Morgan fingerprint density at radius 1 is 1.31 bits per heavy atom. The summed E-state index contributed by atoms with van der Waals surface area (Å²) < 4.78 is 0. The maximum absolute atomic E-state index is 11.9. The molecule has 0 spiro atoms. The van der Waals surface area contributed by atoms with Gasteiger partial charge < -0.3 is 4.90 Å². The van der Waals surface area contributed by atoms with Gasteiger partial charge >= 0.3 is 0 Å². The number of carbonyl (C=O) groups excluding carboxylic acids is 1. The Labute approximate surface area is 96.5 Å². The minimum Gasteiger partial charge on any atom is -0.325 e. The van der Waals surface area contributed by atoms with Crippen LogP contribution in [0.4, 0.5) is 0 Å². The zero-order valence-electron chi connectivity index (χ0n) is 10.0. The van der Waals surface area contributed by atoms with Crippen LogP contribution in [0.25, 0.3) is 0 Å². The van der Waals surface area contributed by atoms with Gasteiger partial charge in [-0.05, 0) is 18.9 Å². The van der Waals surface area contributed by atoms with Crippen LogP contribution in [-0.2, 0) is 4.79 Å². The maximum atomic E-state index is 11.9. The van der Waals surface area contributed by atoms with Crippen molar-refractivity contribution in [3.8, 4) is 0 Å². The molecular formula is C13H18N2O. The van der Waals surface area contributed by atoms with E-state index in [1.807, 2.05) is 14.0 Å². The first kappa shape index (κ1) is 11.1. The predicted molar refractivity (Wildman–Crippen MR) is 63.9 cm³/mol.